The maximum absolute atomic E-state index is 9.02. The topological polar surface area (TPSA) is 20.2 Å². The number of aliphatic hydroxyl groups excluding tert-OH is 1. The van der Waals surface area contributed by atoms with Crippen LogP contribution in [-0.2, 0) is 6.61 Å². The Bertz CT molecular complexity index is 293. The van der Waals surface area contributed by atoms with E-state index in [4.69, 9.17) is 16.7 Å². The molecule has 78 valence electrons. The molecule has 0 atom stereocenters. The van der Waals surface area contributed by atoms with Crippen LogP contribution in [0.5, 0.6) is 0 Å². The fourth-order valence-corrected chi connectivity index (χ4v) is 3.00. The van der Waals surface area contributed by atoms with Crippen molar-refractivity contribution < 1.29 is 5.11 Å². The highest BCUT2D eigenvalue weighted by molar-refractivity contribution is 14.1. The van der Waals surface area contributed by atoms with Crippen molar-refractivity contribution in [3.05, 3.63) is 28.8 Å². The van der Waals surface area contributed by atoms with Crippen LogP contribution in [0.25, 0.3) is 0 Å². The highest BCUT2D eigenvalue weighted by Gasteiger charge is 2.01. The van der Waals surface area contributed by atoms with Crippen LogP contribution in [0.2, 0.25) is 5.02 Å². The Morgan fingerprint density at radius 2 is 2.21 bits per heavy atom. The lowest BCUT2D eigenvalue weighted by Gasteiger charge is -2.04. The summed E-state index contributed by atoms with van der Waals surface area (Å²) in [5.74, 6) is 1.12. The van der Waals surface area contributed by atoms with Gasteiger partial charge in [-0.1, -0.05) is 34.2 Å². The monoisotopic (exact) mass is 342 g/mol. The Morgan fingerprint density at radius 3 is 2.86 bits per heavy atom. The largest absolute Gasteiger partial charge is 0.392 e. The molecule has 0 aliphatic carbocycles. The fraction of sp³-hybridized carbons (Fsp3) is 0.400. The molecule has 0 spiro atoms. The molecule has 0 heterocycles. The fourth-order valence-electron chi connectivity index (χ4n) is 1.01. The molecule has 14 heavy (non-hydrogen) atoms. The van der Waals surface area contributed by atoms with Gasteiger partial charge in [-0.25, -0.2) is 0 Å². The molecule has 0 saturated heterocycles. The van der Waals surface area contributed by atoms with E-state index in [2.05, 4.69) is 22.6 Å². The SMILES string of the molecule is OCc1cc(SCCCI)ccc1Cl. The minimum Gasteiger partial charge on any atom is -0.392 e. The van der Waals surface area contributed by atoms with Crippen LogP contribution in [0.4, 0.5) is 0 Å². The Kier molecular flexibility index (Phi) is 6.25. The van der Waals surface area contributed by atoms with Crippen LogP contribution < -0.4 is 0 Å². The van der Waals surface area contributed by atoms with Gasteiger partial charge in [0.25, 0.3) is 0 Å². The van der Waals surface area contributed by atoms with Gasteiger partial charge in [0, 0.05) is 14.3 Å². The van der Waals surface area contributed by atoms with Crippen molar-refractivity contribution in [1.29, 1.82) is 0 Å². The van der Waals surface area contributed by atoms with Crippen LogP contribution in [0.3, 0.4) is 0 Å². The smallest absolute Gasteiger partial charge is 0.0696 e. The number of alkyl halides is 1. The third kappa shape index (κ3) is 3.96. The molecule has 0 aliphatic heterocycles. The van der Waals surface area contributed by atoms with E-state index in [-0.39, 0.29) is 6.61 Å². The van der Waals surface area contributed by atoms with Crippen LogP contribution in [-0.4, -0.2) is 15.3 Å². The third-order valence-electron chi connectivity index (χ3n) is 1.73. The maximum atomic E-state index is 9.02. The summed E-state index contributed by atoms with van der Waals surface area (Å²) in [6.07, 6.45) is 1.21. The number of benzene rings is 1. The molecule has 1 rings (SSSR count). The van der Waals surface area contributed by atoms with Crippen molar-refractivity contribution in [3.63, 3.8) is 0 Å². The average molecular weight is 343 g/mol. The summed E-state index contributed by atoms with van der Waals surface area (Å²) in [6, 6.07) is 5.80. The molecule has 1 aromatic carbocycles. The molecule has 4 heteroatoms. The molecule has 0 aromatic heterocycles. The van der Waals surface area contributed by atoms with Crippen LogP contribution in [0.15, 0.2) is 23.1 Å². The van der Waals surface area contributed by atoms with E-state index in [0.717, 1.165) is 11.3 Å². The standard InChI is InChI=1S/C10H12ClIOS/c11-10-3-2-9(6-8(10)7-13)14-5-1-4-12/h2-3,6,13H,1,4-5,7H2. The summed E-state index contributed by atoms with van der Waals surface area (Å²) < 4.78 is 1.19. The summed E-state index contributed by atoms with van der Waals surface area (Å²) in [5, 5.41) is 9.66. The predicted molar refractivity (Wildman–Crippen MR) is 71.6 cm³/mol. The number of hydrogen-bond acceptors (Lipinski definition) is 2. The summed E-state index contributed by atoms with van der Waals surface area (Å²) in [6.45, 7) is 0.0134. The number of aliphatic hydroxyl groups is 1. The molecule has 0 fully saturated rings. The first-order chi connectivity index (χ1) is 6.77. The van der Waals surface area contributed by atoms with Gasteiger partial charge in [-0.15, -0.1) is 11.8 Å². The number of thioether (sulfide) groups is 1. The minimum absolute atomic E-state index is 0.0134. The molecule has 0 radical (unpaired) electrons. The van der Waals surface area contributed by atoms with Gasteiger partial charge >= 0.3 is 0 Å². The second-order valence-corrected chi connectivity index (χ2v) is 5.46. The first-order valence-corrected chi connectivity index (χ1v) is 7.25. The molecular formula is C10H12ClIOS. The molecule has 1 nitrogen and oxygen atoms in total. The zero-order valence-electron chi connectivity index (χ0n) is 7.67. The zero-order chi connectivity index (χ0) is 10.4. The van der Waals surface area contributed by atoms with Crippen LogP contribution in [0.1, 0.15) is 12.0 Å². The average Bonchev–Trinajstić information content (AvgIpc) is 2.21. The van der Waals surface area contributed by atoms with Gasteiger partial charge < -0.3 is 5.11 Å². The van der Waals surface area contributed by atoms with Crippen molar-refractivity contribution in [2.24, 2.45) is 0 Å². The van der Waals surface area contributed by atoms with E-state index in [1.807, 2.05) is 30.0 Å². The van der Waals surface area contributed by atoms with Gasteiger partial charge in [-0.3, -0.25) is 0 Å². The number of halogens is 2. The van der Waals surface area contributed by atoms with Gasteiger partial charge in [-0.05, 0) is 35.9 Å². The molecule has 0 amide bonds. The second kappa shape index (κ2) is 6.93. The Hall–Kier alpha value is 0.550. The Labute approximate surface area is 107 Å². The van der Waals surface area contributed by atoms with Gasteiger partial charge in [0.2, 0.25) is 0 Å². The Morgan fingerprint density at radius 1 is 1.43 bits per heavy atom. The number of hydrogen-bond donors (Lipinski definition) is 1. The minimum atomic E-state index is 0.0134. The van der Waals surface area contributed by atoms with Crippen molar-refractivity contribution in [2.45, 2.75) is 17.9 Å². The second-order valence-electron chi connectivity index (χ2n) is 2.80. The van der Waals surface area contributed by atoms with E-state index >= 15 is 0 Å². The first kappa shape index (κ1) is 12.6. The van der Waals surface area contributed by atoms with Crippen molar-refractivity contribution in [2.75, 3.05) is 10.2 Å². The maximum Gasteiger partial charge on any atom is 0.0696 e. The molecule has 0 bridgehead atoms. The highest BCUT2D eigenvalue weighted by atomic mass is 127. The molecule has 1 aromatic rings. The predicted octanol–water partition coefficient (Wildman–Crippen LogP) is 3.75. The van der Waals surface area contributed by atoms with Crippen LogP contribution >= 0.6 is 46.0 Å². The van der Waals surface area contributed by atoms with Crippen molar-refractivity contribution in [3.8, 4) is 0 Å². The van der Waals surface area contributed by atoms with Gasteiger partial charge in [0.1, 0.15) is 0 Å². The normalized spacial score (nSPS) is 10.5. The molecule has 0 saturated carbocycles. The van der Waals surface area contributed by atoms with E-state index in [1.165, 1.54) is 15.7 Å². The van der Waals surface area contributed by atoms with Gasteiger partial charge in [0.15, 0.2) is 0 Å². The highest BCUT2D eigenvalue weighted by Crippen LogP contribution is 2.25. The lowest BCUT2D eigenvalue weighted by atomic mass is 10.2. The molecule has 1 N–H and O–H groups in total. The molecule has 0 aliphatic rings. The van der Waals surface area contributed by atoms with Crippen molar-refractivity contribution in [1.82, 2.24) is 0 Å². The lowest BCUT2D eigenvalue weighted by Crippen LogP contribution is -1.86. The zero-order valence-corrected chi connectivity index (χ0v) is 11.4. The molecular weight excluding hydrogens is 331 g/mol. The summed E-state index contributed by atoms with van der Waals surface area (Å²) in [5.41, 5.74) is 0.811. The van der Waals surface area contributed by atoms with E-state index < -0.39 is 0 Å². The number of rotatable bonds is 5. The van der Waals surface area contributed by atoms with Gasteiger partial charge in [0.05, 0.1) is 6.61 Å². The lowest BCUT2D eigenvalue weighted by molar-refractivity contribution is 0.281. The van der Waals surface area contributed by atoms with E-state index in [9.17, 15) is 0 Å². The quantitative estimate of drug-likeness (QED) is 0.381. The summed E-state index contributed by atoms with van der Waals surface area (Å²) in [4.78, 5) is 1.18. The van der Waals surface area contributed by atoms with Crippen molar-refractivity contribution >= 4 is 46.0 Å². The summed E-state index contributed by atoms with van der Waals surface area (Å²) in [7, 11) is 0. The van der Waals surface area contributed by atoms with E-state index in [1.54, 1.807) is 0 Å². The third-order valence-corrected chi connectivity index (χ3v) is 3.95. The molecule has 0 unspecified atom stereocenters. The summed E-state index contributed by atoms with van der Waals surface area (Å²) >= 11 is 10.1. The van der Waals surface area contributed by atoms with Gasteiger partial charge in [-0.2, -0.15) is 0 Å². The Balaban J connectivity index is 2.60. The van der Waals surface area contributed by atoms with Crippen LogP contribution in [0, 0.1) is 0 Å². The van der Waals surface area contributed by atoms with E-state index in [0.29, 0.717) is 5.02 Å². The first-order valence-electron chi connectivity index (χ1n) is 4.36.